The van der Waals surface area contributed by atoms with Crippen molar-refractivity contribution in [1.29, 1.82) is 0 Å². The van der Waals surface area contributed by atoms with E-state index in [0.717, 1.165) is 14.7 Å². The highest BCUT2D eigenvalue weighted by Gasteiger charge is 2.46. The fraction of sp³-hybridized carbons (Fsp3) is 0.794. The van der Waals surface area contributed by atoms with Crippen LogP contribution in [0.25, 0.3) is 0 Å². The first kappa shape index (κ1) is 78.8. The molecule has 0 aromatic carbocycles. The van der Waals surface area contributed by atoms with Crippen LogP contribution in [-0.2, 0) is 52.7 Å². The molecule has 1 aliphatic heterocycles. The molecule has 1 heterocycles. The smallest absolute Gasteiger partial charge is 0.248 e. The van der Waals surface area contributed by atoms with Gasteiger partial charge < -0.3 is 65.8 Å². The third-order valence-electron chi connectivity index (χ3n) is 16.6. The maximum atomic E-state index is 15.2. The third-order valence-corrected chi connectivity index (χ3v) is 16.6. The Bertz CT molecular complexity index is 2380. The minimum atomic E-state index is -1.67. The first-order chi connectivity index (χ1) is 40.2. The number of aliphatic hydroxyl groups is 2. The molecule has 24 heteroatoms. The minimum Gasteiger partial charge on any atom is -0.394 e. The molecule has 0 radical (unpaired) electrons. The van der Waals surface area contributed by atoms with Gasteiger partial charge >= 0.3 is 0 Å². The maximum Gasteiger partial charge on any atom is 0.248 e. The Morgan fingerprint density at radius 1 is 0.425 bits per heavy atom. The molecule has 0 aliphatic carbocycles. The van der Waals surface area contributed by atoms with E-state index in [-0.39, 0.29) is 62.2 Å². The lowest BCUT2D eigenvalue weighted by Crippen LogP contribution is -2.64. The summed E-state index contributed by atoms with van der Waals surface area (Å²) in [6.07, 6.45) is 2.71. The quantitative estimate of drug-likeness (QED) is 0.121. The monoisotopic (exact) mass is 1230 g/mol. The lowest BCUT2D eigenvalue weighted by Gasteiger charge is -2.41. The van der Waals surface area contributed by atoms with Crippen molar-refractivity contribution in [3.63, 3.8) is 0 Å². The van der Waals surface area contributed by atoms with Crippen LogP contribution < -0.4 is 21.3 Å². The van der Waals surface area contributed by atoms with Crippen LogP contribution in [0.1, 0.15) is 156 Å². The number of allylic oxidation sites excluding steroid dienone is 2. The molecule has 0 bridgehead atoms. The molecule has 0 unspecified atom stereocenters. The standard InChI is InChI=1S/C63H113N11O13/c1-25-27-28-40(15)52(76)51-56(80)66-43(26-2)58(82)72(22)48(33-75)61(85)68(18)45(30-35(5)6)55(79)67-49(38(11)12)62(86)69(19)44(29-34(3)4)54(78)64-41(16)53(77)65-42(17)57(81)70(20)46(31-36(7)8)59(83)71(21)47(32-37(9)10)60(84)73(23)50(39(13)14)63(87)74(51)24/h25,27,34-52,75-76H,26,28-33H2,1-24H3,(H,64,78)(H,65,77)(H,66,80)(H,67,79)/t40-,41+,42-,43+,44+,45+,46+,47+,48-,49+,50+,51+,52-/m1/s1. The number of hydrogen-bond acceptors (Lipinski definition) is 13. The summed E-state index contributed by atoms with van der Waals surface area (Å²) in [5, 5.41) is 33.9. The van der Waals surface area contributed by atoms with Crippen molar-refractivity contribution in [2.45, 2.75) is 229 Å². The van der Waals surface area contributed by atoms with E-state index >= 15 is 9.59 Å². The van der Waals surface area contributed by atoms with Crippen LogP contribution in [0.3, 0.4) is 0 Å². The van der Waals surface area contributed by atoms with E-state index in [4.69, 9.17) is 0 Å². The topological polar surface area (TPSA) is 299 Å². The number of carbonyl (C=O) groups excluding carboxylic acids is 11. The first-order valence-corrected chi connectivity index (χ1v) is 31.2. The molecule has 0 aromatic heterocycles. The summed E-state index contributed by atoms with van der Waals surface area (Å²) >= 11 is 0. The molecular weight excluding hydrogens is 1120 g/mol. The Labute approximate surface area is 520 Å². The molecule has 13 atom stereocenters. The molecule has 1 saturated heterocycles. The van der Waals surface area contributed by atoms with Crippen LogP contribution in [-0.4, -0.2) is 238 Å². The van der Waals surface area contributed by atoms with Gasteiger partial charge in [-0.2, -0.15) is 0 Å². The number of hydrogen-bond donors (Lipinski definition) is 6. The van der Waals surface area contributed by atoms with Gasteiger partial charge in [-0.05, 0) is 101 Å². The zero-order valence-corrected chi connectivity index (χ0v) is 57.1. The fourth-order valence-corrected chi connectivity index (χ4v) is 11.0. The van der Waals surface area contributed by atoms with Crippen molar-refractivity contribution in [3.8, 4) is 0 Å². The summed E-state index contributed by atoms with van der Waals surface area (Å²) in [7, 11) is 9.64. The van der Waals surface area contributed by atoms with E-state index in [2.05, 4.69) is 21.3 Å². The zero-order chi connectivity index (χ0) is 67.6. The highest BCUT2D eigenvalue weighted by Crippen LogP contribution is 2.26. The van der Waals surface area contributed by atoms with Gasteiger partial charge in [-0.15, -0.1) is 0 Å². The number of amides is 11. The second-order valence-corrected chi connectivity index (χ2v) is 26.5. The van der Waals surface area contributed by atoms with Crippen molar-refractivity contribution in [2.75, 3.05) is 55.9 Å². The van der Waals surface area contributed by atoms with Crippen LogP contribution >= 0.6 is 0 Å². The minimum absolute atomic E-state index is 0.0623. The molecule has 1 rings (SSSR count). The van der Waals surface area contributed by atoms with Crippen LogP contribution in [0.15, 0.2) is 12.2 Å². The van der Waals surface area contributed by atoms with Gasteiger partial charge in [-0.3, -0.25) is 52.7 Å². The van der Waals surface area contributed by atoms with E-state index < -0.39 is 162 Å². The van der Waals surface area contributed by atoms with Gasteiger partial charge in [0, 0.05) is 49.3 Å². The van der Waals surface area contributed by atoms with Crippen molar-refractivity contribution in [2.24, 2.45) is 41.4 Å². The van der Waals surface area contributed by atoms with E-state index in [0.29, 0.717) is 0 Å². The summed E-state index contributed by atoms with van der Waals surface area (Å²) in [4.78, 5) is 169. The summed E-state index contributed by atoms with van der Waals surface area (Å²) in [6, 6.07) is -14.4. The molecule has 24 nitrogen and oxygen atoms in total. The maximum absolute atomic E-state index is 15.2. The molecule has 1 fully saturated rings. The normalized spacial score (nSPS) is 27.4. The Balaban J connectivity index is 4.41. The van der Waals surface area contributed by atoms with Gasteiger partial charge in [-0.1, -0.05) is 109 Å². The van der Waals surface area contributed by atoms with E-state index in [1.807, 2.05) is 55.4 Å². The highest BCUT2D eigenvalue weighted by atomic mass is 16.3. The molecule has 0 saturated carbocycles. The van der Waals surface area contributed by atoms with Crippen molar-refractivity contribution >= 4 is 65.0 Å². The Morgan fingerprint density at radius 2 is 0.805 bits per heavy atom. The molecule has 0 spiro atoms. The summed E-state index contributed by atoms with van der Waals surface area (Å²) in [5.74, 6) is -10.6. The van der Waals surface area contributed by atoms with Crippen LogP contribution in [0.4, 0.5) is 0 Å². The van der Waals surface area contributed by atoms with E-state index in [1.54, 1.807) is 60.6 Å². The van der Waals surface area contributed by atoms with Gasteiger partial charge in [0.2, 0.25) is 65.0 Å². The lowest BCUT2D eigenvalue weighted by atomic mass is 9.91. The number of nitrogens with zero attached hydrogens (tertiary/aromatic N) is 7. The average Bonchev–Trinajstić information content (AvgIpc) is 1.23. The van der Waals surface area contributed by atoms with Gasteiger partial charge in [0.1, 0.15) is 66.5 Å². The predicted molar refractivity (Wildman–Crippen MR) is 334 cm³/mol. The molecule has 0 aromatic rings. The zero-order valence-electron chi connectivity index (χ0n) is 57.1. The fourth-order valence-electron chi connectivity index (χ4n) is 11.0. The second-order valence-electron chi connectivity index (χ2n) is 26.5. The number of carbonyl (C=O) groups is 11. The highest BCUT2D eigenvalue weighted by molar-refractivity contribution is 6.00. The van der Waals surface area contributed by atoms with Crippen LogP contribution in [0, 0.1) is 41.4 Å². The molecule has 87 heavy (non-hydrogen) atoms. The summed E-state index contributed by atoms with van der Waals surface area (Å²) in [5.41, 5.74) is 0. The van der Waals surface area contributed by atoms with Crippen LogP contribution in [0.5, 0.6) is 0 Å². The Kier molecular flexibility index (Phi) is 32.4. The summed E-state index contributed by atoms with van der Waals surface area (Å²) in [6.45, 7) is 28.6. The number of aliphatic hydroxyl groups excluding tert-OH is 2. The van der Waals surface area contributed by atoms with Gasteiger partial charge in [-0.25, -0.2) is 0 Å². The molecule has 498 valence electrons. The lowest BCUT2D eigenvalue weighted by molar-refractivity contribution is -0.157. The predicted octanol–water partition coefficient (Wildman–Crippen LogP) is 2.63. The van der Waals surface area contributed by atoms with Crippen molar-refractivity contribution < 1.29 is 63.0 Å². The number of nitrogens with one attached hydrogen (secondary N) is 4. The van der Waals surface area contributed by atoms with Crippen molar-refractivity contribution in [1.82, 2.24) is 55.6 Å². The molecule has 11 amide bonds. The van der Waals surface area contributed by atoms with Crippen molar-refractivity contribution in [3.05, 3.63) is 12.2 Å². The second kappa shape index (κ2) is 35.7. The molecular formula is C63H113N11O13. The Hall–Kier alpha value is -6.17. The van der Waals surface area contributed by atoms with Gasteiger partial charge in [0.15, 0.2) is 0 Å². The van der Waals surface area contributed by atoms with E-state index in [1.165, 1.54) is 82.8 Å². The summed E-state index contributed by atoms with van der Waals surface area (Å²) < 4.78 is 0. The molecule has 6 N–H and O–H groups in total. The number of likely N-dealkylation sites (N-methyl/N-ethyl adjacent to an activating group) is 7. The Morgan fingerprint density at radius 3 is 1.23 bits per heavy atom. The van der Waals surface area contributed by atoms with E-state index in [9.17, 15) is 53.4 Å². The SMILES string of the molecule is CC=CC[C@@H](C)[C@@H](O)[C@H]1C(=O)N[C@@H](CC)C(=O)N(C)[C@H](CO)C(=O)N(C)[C@@H](CC(C)C)C(=O)N[C@@H](C(C)C)C(=O)N(C)[C@@H](CC(C)C)C(=O)N[C@@H](C)C(=O)N[C@H](C)C(=O)N(C)[C@@H](CC(C)C)C(=O)N(C)[C@@H](CC(C)C)C(=O)N(C)[C@@H](C(C)C)C(=O)N1C. The average molecular weight is 1230 g/mol. The molecule has 1 aliphatic rings. The van der Waals surface area contributed by atoms with Crippen LogP contribution in [0.2, 0.25) is 0 Å². The third kappa shape index (κ3) is 21.5. The first-order valence-electron chi connectivity index (χ1n) is 31.2. The largest absolute Gasteiger partial charge is 0.394 e. The number of rotatable bonds is 16. The van der Waals surface area contributed by atoms with Gasteiger partial charge in [0.05, 0.1) is 12.7 Å². The van der Waals surface area contributed by atoms with Gasteiger partial charge in [0.25, 0.3) is 0 Å².